The Balaban J connectivity index is 1.61. The Morgan fingerprint density at radius 3 is 2.47 bits per heavy atom. The number of morpholine rings is 1. The van der Waals surface area contributed by atoms with Gasteiger partial charge in [-0.05, 0) is 0 Å². The number of ether oxygens (including phenoxy) is 2. The van der Waals surface area contributed by atoms with Crippen LogP contribution in [-0.4, -0.2) is 56.5 Å². The van der Waals surface area contributed by atoms with E-state index in [0.29, 0.717) is 32.9 Å². The first-order chi connectivity index (χ1) is 14.1. The van der Waals surface area contributed by atoms with E-state index in [-0.39, 0.29) is 28.3 Å². The second-order valence-electron chi connectivity index (χ2n) is 11.2. The zero-order chi connectivity index (χ0) is 21.7. The van der Waals surface area contributed by atoms with Gasteiger partial charge in [-0.1, -0.05) is 0 Å². The first-order valence-electron chi connectivity index (χ1n) is 11.9. The van der Waals surface area contributed by atoms with Crippen LogP contribution in [0.15, 0.2) is 30.3 Å². The average molecular weight is 479 g/mol. The van der Waals surface area contributed by atoms with Crippen LogP contribution >= 0.6 is 0 Å². The third kappa shape index (κ3) is 4.28. The Bertz CT molecular complexity index is 719. The predicted octanol–water partition coefficient (Wildman–Crippen LogP) is 4.88. The van der Waals surface area contributed by atoms with Gasteiger partial charge in [0.15, 0.2) is 0 Å². The Morgan fingerprint density at radius 2 is 1.80 bits per heavy atom. The van der Waals surface area contributed by atoms with Gasteiger partial charge in [0.25, 0.3) is 0 Å². The van der Waals surface area contributed by atoms with Crippen LogP contribution in [0.3, 0.4) is 0 Å². The summed E-state index contributed by atoms with van der Waals surface area (Å²) in [7, 11) is 0. The minimum absolute atomic E-state index is 0.0859. The molecule has 3 aliphatic rings. The molecule has 6 atom stereocenters. The molecule has 1 aromatic rings. The molecule has 0 unspecified atom stereocenters. The van der Waals surface area contributed by atoms with Gasteiger partial charge in [-0.3, -0.25) is 0 Å². The average Bonchev–Trinajstić information content (AvgIpc) is 2.67. The Hall–Kier alpha value is -0.381. The van der Waals surface area contributed by atoms with Crippen LogP contribution in [0.1, 0.15) is 67.7 Å². The van der Waals surface area contributed by atoms with E-state index in [1.807, 2.05) is 0 Å². The van der Waals surface area contributed by atoms with E-state index in [4.69, 9.17) is 9.47 Å². The van der Waals surface area contributed by atoms with Gasteiger partial charge in [-0.15, -0.1) is 0 Å². The third-order valence-electron chi connectivity index (χ3n) is 7.84. The second kappa shape index (κ2) is 8.52. The molecule has 4 rings (SSSR count). The van der Waals surface area contributed by atoms with Gasteiger partial charge in [0, 0.05) is 0 Å². The van der Waals surface area contributed by atoms with Gasteiger partial charge in [-0.2, -0.15) is 0 Å². The zero-order valence-electron chi connectivity index (χ0n) is 19.9. The monoisotopic (exact) mass is 479 g/mol. The van der Waals surface area contributed by atoms with Crippen molar-refractivity contribution in [1.82, 2.24) is 4.90 Å². The number of fused-ring (bicyclic) bond motifs is 2. The molecular formula is C26H41NO2Se. The predicted molar refractivity (Wildman–Crippen MR) is 125 cm³/mol. The molecule has 1 aliphatic carbocycles. The van der Waals surface area contributed by atoms with Crippen molar-refractivity contribution in [3.63, 3.8) is 0 Å². The van der Waals surface area contributed by atoms with E-state index in [1.54, 1.807) is 0 Å². The summed E-state index contributed by atoms with van der Waals surface area (Å²) in [5.74, 6) is 1.84. The summed E-state index contributed by atoms with van der Waals surface area (Å²) in [6.45, 7) is 17.7. The molecule has 2 saturated heterocycles. The number of hydrogen-bond acceptors (Lipinski definition) is 3. The maximum atomic E-state index is 6.90. The number of rotatable bonds is 4. The summed E-state index contributed by atoms with van der Waals surface area (Å²) in [4.78, 5) is 2.70. The summed E-state index contributed by atoms with van der Waals surface area (Å²) in [5, 5.41) is 0. The molecule has 3 fully saturated rings. The molecule has 0 amide bonds. The van der Waals surface area contributed by atoms with Gasteiger partial charge >= 0.3 is 191 Å². The Morgan fingerprint density at radius 1 is 1.10 bits per heavy atom. The topological polar surface area (TPSA) is 21.7 Å². The molecule has 0 radical (unpaired) electrons. The zero-order valence-corrected chi connectivity index (χ0v) is 21.6. The van der Waals surface area contributed by atoms with Crippen molar-refractivity contribution in [1.29, 1.82) is 0 Å². The van der Waals surface area contributed by atoms with Crippen molar-refractivity contribution in [3.05, 3.63) is 30.3 Å². The molecule has 4 heteroatoms. The fraction of sp³-hybridized carbons (Fsp3) is 0.769. The van der Waals surface area contributed by atoms with Crippen molar-refractivity contribution in [2.75, 3.05) is 6.54 Å². The van der Waals surface area contributed by atoms with E-state index in [2.05, 4.69) is 83.7 Å². The summed E-state index contributed by atoms with van der Waals surface area (Å²) in [6.07, 6.45) is 4.65. The molecular weight excluding hydrogens is 437 g/mol. The minimum atomic E-state index is 0.0859. The van der Waals surface area contributed by atoms with E-state index < -0.39 is 0 Å². The number of hydrogen-bond donors (Lipinski definition) is 0. The molecule has 3 nitrogen and oxygen atoms in total. The molecule has 2 aliphatic heterocycles. The molecule has 1 saturated carbocycles. The van der Waals surface area contributed by atoms with Gasteiger partial charge in [0.2, 0.25) is 0 Å². The molecule has 2 heterocycles. The van der Waals surface area contributed by atoms with Crippen molar-refractivity contribution >= 4 is 19.4 Å². The summed E-state index contributed by atoms with van der Waals surface area (Å²) >= 11 is 0.358. The van der Waals surface area contributed by atoms with Gasteiger partial charge in [-0.25, -0.2) is 0 Å². The quantitative estimate of drug-likeness (QED) is 0.576. The standard InChI is InChI=1S/C26H41NO2Se/c1-17(2)23-24-27(25(4,5)20-14-13-18(3)15-21(20)28-24)16-22(29-23)26(6,7)30-19-11-9-8-10-12-19/h8-12,17-18,20-24H,13-16H2,1-7H3/t18-,20-,21-,22+,23+,24+/m1/s1. The van der Waals surface area contributed by atoms with Crippen molar-refractivity contribution < 1.29 is 9.47 Å². The number of benzene rings is 1. The van der Waals surface area contributed by atoms with Crippen molar-refractivity contribution in [3.8, 4) is 0 Å². The summed E-state index contributed by atoms with van der Waals surface area (Å²) in [5.41, 5.74) is 0.152. The van der Waals surface area contributed by atoms with Crippen LogP contribution < -0.4 is 4.46 Å². The van der Waals surface area contributed by atoms with E-state index in [0.717, 1.165) is 12.5 Å². The Labute approximate surface area is 190 Å². The van der Waals surface area contributed by atoms with E-state index in [1.165, 1.54) is 23.7 Å². The third-order valence-corrected chi connectivity index (χ3v) is 10.6. The SMILES string of the molecule is CC(C)[C@@H]1O[C@H](C(C)(C)[Se]c2ccccc2)CN2[C@H]1O[C@@H]1C[C@H](C)CC[C@H]1C2(C)C. The van der Waals surface area contributed by atoms with Crippen LogP contribution in [0, 0.1) is 17.8 Å². The molecule has 30 heavy (non-hydrogen) atoms. The molecule has 0 aromatic heterocycles. The molecule has 0 N–H and O–H groups in total. The van der Waals surface area contributed by atoms with Crippen molar-refractivity contribution in [2.45, 2.75) is 102 Å². The number of nitrogens with zero attached hydrogens (tertiary/aromatic N) is 1. The molecule has 0 bridgehead atoms. The maximum absolute atomic E-state index is 6.90. The fourth-order valence-electron chi connectivity index (χ4n) is 5.88. The van der Waals surface area contributed by atoms with Crippen LogP contribution in [0.25, 0.3) is 0 Å². The summed E-state index contributed by atoms with van der Waals surface area (Å²) in [6, 6.07) is 11.0. The molecule has 1 aromatic carbocycles. The van der Waals surface area contributed by atoms with Crippen molar-refractivity contribution in [2.24, 2.45) is 17.8 Å². The van der Waals surface area contributed by atoms with E-state index in [9.17, 15) is 0 Å². The van der Waals surface area contributed by atoms with Crippen LogP contribution in [0.4, 0.5) is 0 Å². The van der Waals surface area contributed by atoms with Crippen LogP contribution in [-0.2, 0) is 9.47 Å². The Kier molecular flexibility index (Phi) is 6.48. The molecule has 0 spiro atoms. The first kappa shape index (κ1) is 22.8. The van der Waals surface area contributed by atoms with Gasteiger partial charge in [0.1, 0.15) is 0 Å². The van der Waals surface area contributed by atoms with Gasteiger partial charge < -0.3 is 0 Å². The van der Waals surface area contributed by atoms with Crippen LogP contribution in [0.2, 0.25) is 4.31 Å². The fourth-order valence-corrected chi connectivity index (χ4v) is 8.32. The second-order valence-corrected chi connectivity index (χ2v) is 14.9. The summed E-state index contributed by atoms with van der Waals surface area (Å²) < 4.78 is 15.3. The van der Waals surface area contributed by atoms with Crippen LogP contribution in [0.5, 0.6) is 0 Å². The normalized spacial score (nSPS) is 36.9. The first-order valence-corrected chi connectivity index (χ1v) is 13.6. The van der Waals surface area contributed by atoms with Gasteiger partial charge in [0.05, 0.1) is 0 Å². The molecule has 168 valence electrons. The van der Waals surface area contributed by atoms with E-state index >= 15 is 0 Å².